The number of unbranched alkanes of at least 4 members (excludes halogenated alkanes) is 1. The normalized spacial score (nSPS) is 11.8. The van der Waals surface area contributed by atoms with E-state index >= 15 is 0 Å². The molecule has 5 nitrogen and oxygen atoms in total. The number of likely N-dealkylation sites (N-methyl/N-ethyl adjacent to an activating group) is 1. The zero-order chi connectivity index (χ0) is 9.40. The van der Waals surface area contributed by atoms with E-state index in [9.17, 15) is 4.79 Å². The van der Waals surface area contributed by atoms with Gasteiger partial charge in [0.25, 0.3) is 0 Å². The van der Waals surface area contributed by atoms with Crippen LogP contribution in [0.3, 0.4) is 0 Å². The van der Waals surface area contributed by atoms with E-state index in [2.05, 4.69) is 5.32 Å². The third kappa shape index (κ3) is 7.70. The van der Waals surface area contributed by atoms with Gasteiger partial charge < -0.3 is 21.6 Å². The highest BCUT2D eigenvalue weighted by Crippen LogP contribution is 1.99. The summed E-state index contributed by atoms with van der Waals surface area (Å²) in [5, 5.41) is 11.6. The van der Waals surface area contributed by atoms with E-state index < -0.39 is 12.0 Å². The van der Waals surface area contributed by atoms with Crippen LogP contribution in [0.25, 0.3) is 0 Å². The van der Waals surface area contributed by atoms with E-state index in [-0.39, 0.29) is 5.48 Å². The maximum atomic E-state index is 10.6. The molecule has 13 heavy (non-hydrogen) atoms. The van der Waals surface area contributed by atoms with Gasteiger partial charge in [-0.25, -0.2) is 0 Å². The number of hydrogen-bond donors (Lipinski definition) is 3. The summed E-state index contributed by atoms with van der Waals surface area (Å²) in [4.78, 5) is 10.6. The lowest BCUT2D eigenvalue weighted by Gasteiger charge is -2.11. The van der Waals surface area contributed by atoms with Gasteiger partial charge in [0.15, 0.2) is 0 Å². The van der Waals surface area contributed by atoms with Crippen molar-refractivity contribution >= 4 is 5.97 Å². The molecule has 0 spiro atoms. The van der Waals surface area contributed by atoms with Gasteiger partial charge in [0, 0.05) is 0 Å². The maximum Gasteiger partial charge on any atom is 0.320 e. The molecule has 0 saturated heterocycles. The molecular weight excluding hydrogens is 172 g/mol. The van der Waals surface area contributed by atoms with Crippen LogP contribution >= 0.6 is 0 Å². The van der Waals surface area contributed by atoms with E-state index in [0.29, 0.717) is 19.5 Å². The zero-order valence-corrected chi connectivity index (χ0v) is 8.05. The van der Waals surface area contributed by atoms with Crippen LogP contribution in [0.15, 0.2) is 0 Å². The van der Waals surface area contributed by atoms with Crippen LogP contribution in [0.4, 0.5) is 0 Å². The molecule has 0 bridgehead atoms. The fourth-order valence-corrected chi connectivity index (χ4v) is 1.05. The molecule has 0 amide bonds. The van der Waals surface area contributed by atoms with Gasteiger partial charge >= 0.3 is 5.97 Å². The minimum absolute atomic E-state index is 0. The summed E-state index contributed by atoms with van der Waals surface area (Å²) in [5.74, 6) is -0.770. The number of aliphatic carboxylic acids is 1. The van der Waals surface area contributed by atoms with Gasteiger partial charge in [-0.15, -0.1) is 0 Å². The molecule has 6 N–H and O–H groups in total. The Kier molecular flexibility index (Phi) is 10.8. The van der Waals surface area contributed by atoms with Crippen molar-refractivity contribution in [2.24, 2.45) is 5.73 Å². The lowest BCUT2D eigenvalue weighted by atomic mass is 10.1. The monoisotopic (exact) mass is 192 g/mol. The van der Waals surface area contributed by atoms with E-state index in [0.717, 1.165) is 12.8 Å². The Balaban J connectivity index is 0. The van der Waals surface area contributed by atoms with Crippen LogP contribution in [-0.2, 0) is 4.79 Å². The number of rotatable bonds is 7. The highest BCUT2D eigenvalue weighted by molar-refractivity contribution is 5.73. The second kappa shape index (κ2) is 9.44. The third-order valence-electron chi connectivity index (χ3n) is 1.70. The molecule has 1 atom stereocenters. The minimum atomic E-state index is -0.770. The van der Waals surface area contributed by atoms with Crippen LogP contribution in [0, 0.1) is 0 Å². The first-order valence-electron chi connectivity index (χ1n) is 4.38. The smallest absolute Gasteiger partial charge is 0.320 e. The predicted molar refractivity (Wildman–Crippen MR) is 51.6 cm³/mol. The Bertz CT molecular complexity index is 131. The van der Waals surface area contributed by atoms with Gasteiger partial charge in [0.05, 0.1) is 0 Å². The molecule has 0 heterocycles. The Labute approximate surface area is 78.6 Å². The molecule has 1 unspecified atom stereocenters. The second-order valence-corrected chi connectivity index (χ2v) is 2.73. The summed E-state index contributed by atoms with van der Waals surface area (Å²) >= 11 is 0. The first kappa shape index (κ1) is 14.9. The summed E-state index contributed by atoms with van der Waals surface area (Å²) in [6.45, 7) is 3.23. The third-order valence-corrected chi connectivity index (χ3v) is 1.70. The van der Waals surface area contributed by atoms with Crippen LogP contribution in [-0.4, -0.2) is 35.7 Å². The Morgan fingerprint density at radius 3 is 2.54 bits per heavy atom. The van der Waals surface area contributed by atoms with Crippen molar-refractivity contribution in [1.29, 1.82) is 0 Å². The summed E-state index contributed by atoms with van der Waals surface area (Å²) in [6, 6.07) is -0.401. The van der Waals surface area contributed by atoms with Gasteiger partial charge in [-0.1, -0.05) is 13.3 Å². The molecule has 0 aromatic heterocycles. The molecule has 0 aliphatic carbocycles. The minimum Gasteiger partial charge on any atom is -0.480 e. The van der Waals surface area contributed by atoms with Gasteiger partial charge in [-0.2, -0.15) is 0 Å². The van der Waals surface area contributed by atoms with Gasteiger partial charge in [0.2, 0.25) is 0 Å². The van der Waals surface area contributed by atoms with Crippen LogP contribution in [0.1, 0.15) is 26.2 Å². The maximum absolute atomic E-state index is 10.6. The Hall–Kier alpha value is -0.650. The van der Waals surface area contributed by atoms with Crippen molar-refractivity contribution in [3.8, 4) is 0 Å². The first-order chi connectivity index (χ1) is 5.72. The molecule has 0 rings (SSSR count). The number of nitrogens with one attached hydrogen (secondary N) is 1. The van der Waals surface area contributed by atoms with Crippen molar-refractivity contribution in [2.75, 3.05) is 13.1 Å². The van der Waals surface area contributed by atoms with Crippen molar-refractivity contribution in [1.82, 2.24) is 5.32 Å². The van der Waals surface area contributed by atoms with Crippen molar-refractivity contribution < 1.29 is 15.4 Å². The van der Waals surface area contributed by atoms with Gasteiger partial charge in [-0.3, -0.25) is 4.79 Å². The molecular formula is C8H20N2O3. The fourth-order valence-electron chi connectivity index (χ4n) is 1.05. The predicted octanol–water partition coefficient (Wildman–Crippen LogP) is -0.647. The van der Waals surface area contributed by atoms with Crippen LogP contribution in [0.5, 0.6) is 0 Å². The molecule has 5 heteroatoms. The summed E-state index contributed by atoms with van der Waals surface area (Å²) < 4.78 is 0. The van der Waals surface area contributed by atoms with E-state index in [1.807, 2.05) is 6.92 Å². The fraction of sp³-hybridized carbons (Fsp3) is 0.875. The average Bonchev–Trinajstić information content (AvgIpc) is 2.03. The topological polar surface area (TPSA) is 107 Å². The number of carboxylic acids is 1. The number of carbonyl (C=O) groups is 1. The van der Waals surface area contributed by atoms with Crippen molar-refractivity contribution in [2.45, 2.75) is 32.2 Å². The molecule has 0 aliphatic heterocycles. The summed E-state index contributed by atoms with van der Waals surface area (Å²) in [5.41, 5.74) is 5.30. The molecule has 0 fully saturated rings. The summed E-state index contributed by atoms with van der Waals surface area (Å²) in [7, 11) is 0. The van der Waals surface area contributed by atoms with Crippen molar-refractivity contribution in [3.05, 3.63) is 0 Å². The standard InChI is InChI=1S/C8H18N2O2.H2O/c1-2-10-7(8(11)12)5-3-4-6-9;/h7,10H,2-6,9H2,1H3,(H,11,12);1H2. The molecule has 80 valence electrons. The Morgan fingerprint density at radius 1 is 1.54 bits per heavy atom. The van der Waals surface area contributed by atoms with Crippen LogP contribution < -0.4 is 11.1 Å². The summed E-state index contributed by atoms with van der Waals surface area (Å²) in [6.07, 6.45) is 2.44. The molecule has 0 saturated carbocycles. The van der Waals surface area contributed by atoms with Gasteiger partial charge in [-0.05, 0) is 25.9 Å². The van der Waals surface area contributed by atoms with E-state index in [1.165, 1.54) is 0 Å². The molecule has 0 radical (unpaired) electrons. The van der Waals surface area contributed by atoms with Crippen molar-refractivity contribution in [3.63, 3.8) is 0 Å². The number of nitrogens with two attached hydrogens (primary N) is 1. The molecule has 0 aromatic rings. The lowest BCUT2D eigenvalue weighted by Crippen LogP contribution is -2.36. The Morgan fingerprint density at radius 2 is 2.15 bits per heavy atom. The van der Waals surface area contributed by atoms with Gasteiger partial charge in [0.1, 0.15) is 6.04 Å². The number of hydrogen-bond acceptors (Lipinski definition) is 3. The largest absolute Gasteiger partial charge is 0.480 e. The molecule has 0 aromatic carbocycles. The average molecular weight is 192 g/mol. The van der Waals surface area contributed by atoms with E-state index in [1.54, 1.807) is 0 Å². The zero-order valence-electron chi connectivity index (χ0n) is 8.05. The highest BCUT2D eigenvalue weighted by Gasteiger charge is 2.14. The highest BCUT2D eigenvalue weighted by atomic mass is 16.4. The first-order valence-corrected chi connectivity index (χ1v) is 4.38. The quantitative estimate of drug-likeness (QED) is 0.466. The van der Waals surface area contributed by atoms with E-state index in [4.69, 9.17) is 10.8 Å². The van der Waals surface area contributed by atoms with Crippen LogP contribution in [0.2, 0.25) is 0 Å². The number of carboxylic acid groups (broad SMARTS) is 1. The second-order valence-electron chi connectivity index (χ2n) is 2.73. The molecule has 0 aliphatic rings. The lowest BCUT2D eigenvalue weighted by molar-refractivity contribution is -0.139. The SMILES string of the molecule is CCNC(CCCCN)C(=O)O.O.